The van der Waals surface area contributed by atoms with Crippen LogP contribution >= 0.6 is 0 Å². The molecule has 0 bridgehead atoms. The van der Waals surface area contributed by atoms with E-state index in [1.54, 1.807) is 0 Å². The number of hydrogen-bond acceptors (Lipinski definition) is 4. The maximum absolute atomic E-state index is 11.9. The molecule has 1 amide bonds. The van der Waals surface area contributed by atoms with E-state index in [4.69, 9.17) is 5.73 Å². The molecule has 100 valence electrons. The fraction of sp³-hybridized carbons (Fsp3) is 0.615. The normalized spacial score (nSPS) is 12.4. The van der Waals surface area contributed by atoms with E-state index in [-0.39, 0.29) is 23.5 Å². The molecule has 1 heterocycles. The number of nitrogens with two attached hydrogens (primary N) is 1. The summed E-state index contributed by atoms with van der Waals surface area (Å²) in [5.41, 5.74) is 5.80. The highest BCUT2D eigenvalue weighted by atomic mass is 16.2. The number of carbonyl (C=O) groups excluding carboxylic acids is 1. The van der Waals surface area contributed by atoms with E-state index in [2.05, 4.69) is 29.1 Å². The Morgan fingerprint density at radius 1 is 1.28 bits per heavy atom. The topological polar surface area (TPSA) is 80.9 Å². The highest BCUT2D eigenvalue weighted by Gasteiger charge is 2.14. The highest BCUT2D eigenvalue weighted by molar-refractivity contribution is 5.96. The lowest BCUT2D eigenvalue weighted by molar-refractivity contribution is 0.0933. The Labute approximate surface area is 108 Å². The van der Waals surface area contributed by atoms with Gasteiger partial charge in [0.1, 0.15) is 0 Å². The predicted molar refractivity (Wildman–Crippen MR) is 72.1 cm³/mol. The lowest BCUT2D eigenvalue weighted by Crippen LogP contribution is -2.33. The summed E-state index contributed by atoms with van der Waals surface area (Å²) in [6.45, 7) is 6.39. The minimum Gasteiger partial charge on any atom is -0.382 e. The second-order valence-corrected chi connectivity index (χ2v) is 4.99. The first-order valence-electron chi connectivity index (χ1n) is 6.38. The van der Waals surface area contributed by atoms with E-state index in [0.717, 1.165) is 12.8 Å². The monoisotopic (exact) mass is 250 g/mol. The van der Waals surface area contributed by atoms with Crippen LogP contribution in [0.1, 0.15) is 50.5 Å². The zero-order valence-electron chi connectivity index (χ0n) is 11.3. The van der Waals surface area contributed by atoms with Gasteiger partial charge in [-0.2, -0.15) is 0 Å². The first-order valence-corrected chi connectivity index (χ1v) is 6.38. The second-order valence-electron chi connectivity index (χ2n) is 4.99. The molecule has 0 fully saturated rings. The number of rotatable bonds is 6. The van der Waals surface area contributed by atoms with Gasteiger partial charge in [0, 0.05) is 18.4 Å². The van der Waals surface area contributed by atoms with Gasteiger partial charge < -0.3 is 11.1 Å². The van der Waals surface area contributed by atoms with Crippen LogP contribution in [-0.4, -0.2) is 21.9 Å². The molecule has 1 rings (SSSR count). The first kappa shape index (κ1) is 14.4. The molecule has 1 aromatic heterocycles. The van der Waals surface area contributed by atoms with Gasteiger partial charge in [0.25, 0.3) is 5.91 Å². The molecular weight excluding hydrogens is 228 g/mol. The van der Waals surface area contributed by atoms with Crippen LogP contribution in [0.4, 0.5) is 5.82 Å². The molecule has 1 aromatic rings. The van der Waals surface area contributed by atoms with Crippen molar-refractivity contribution in [3.05, 3.63) is 18.1 Å². The number of hydrogen-bond donors (Lipinski definition) is 2. The molecule has 5 heteroatoms. The van der Waals surface area contributed by atoms with Crippen LogP contribution in [0.25, 0.3) is 0 Å². The third-order valence-corrected chi connectivity index (χ3v) is 2.74. The fourth-order valence-electron chi connectivity index (χ4n) is 1.72. The summed E-state index contributed by atoms with van der Waals surface area (Å²) in [5, 5.41) is 2.89. The highest BCUT2D eigenvalue weighted by Crippen LogP contribution is 2.09. The summed E-state index contributed by atoms with van der Waals surface area (Å²) in [7, 11) is 0. The van der Waals surface area contributed by atoms with E-state index in [1.807, 2.05) is 6.92 Å². The largest absolute Gasteiger partial charge is 0.382 e. The molecule has 0 spiro atoms. The molecule has 0 aromatic carbocycles. The number of aromatic nitrogens is 2. The fourth-order valence-corrected chi connectivity index (χ4v) is 1.72. The van der Waals surface area contributed by atoms with E-state index in [9.17, 15) is 4.79 Å². The van der Waals surface area contributed by atoms with E-state index in [0.29, 0.717) is 5.92 Å². The maximum Gasteiger partial charge on any atom is 0.273 e. The predicted octanol–water partition coefficient (Wildman–Crippen LogP) is 2.00. The summed E-state index contributed by atoms with van der Waals surface area (Å²) in [6, 6.07) is 0.123. The lowest BCUT2D eigenvalue weighted by Gasteiger charge is -2.14. The Hall–Kier alpha value is -1.65. The van der Waals surface area contributed by atoms with Crippen molar-refractivity contribution in [2.75, 3.05) is 5.73 Å². The number of carbonyl (C=O) groups is 1. The van der Waals surface area contributed by atoms with E-state index < -0.39 is 0 Å². The Morgan fingerprint density at radius 3 is 2.56 bits per heavy atom. The van der Waals surface area contributed by atoms with Gasteiger partial charge in [0.2, 0.25) is 0 Å². The van der Waals surface area contributed by atoms with Crippen molar-refractivity contribution in [3.63, 3.8) is 0 Å². The van der Waals surface area contributed by atoms with E-state index >= 15 is 0 Å². The van der Waals surface area contributed by atoms with Crippen molar-refractivity contribution in [2.45, 2.75) is 46.1 Å². The summed E-state index contributed by atoms with van der Waals surface area (Å²) in [4.78, 5) is 19.7. The SMILES string of the molecule is CC(C)CCCC(C)NC(=O)c1nccnc1N. The van der Waals surface area contributed by atoms with Crippen molar-refractivity contribution < 1.29 is 4.79 Å². The average Bonchev–Trinajstić information content (AvgIpc) is 2.28. The van der Waals surface area contributed by atoms with E-state index in [1.165, 1.54) is 18.8 Å². The van der Waals surface area contributed by atoms with Gasteiger partial charge >= 0.3 is 0 Å². The van der Waals surface area contributed by atoms with Crippen LogP contribution < -0.4 is 11.1 Å². The van der Waals surface area contributed by atoms with Crippen molar-refractivity contribution >= 4 is 11.7 Å². The molecule has 0 saturated heterocycles. The summed E-state index contributed by atoms with van der Waals surface area (Å²) in [5.74, 6) is 0.616. The number of anilines is 1. The van der Waals surface area contributed by atoms with Crippen molar-refractivity contribution in [1.82, 2.24) is 15.3 Å². The molecular formula is C13H22N4O. The van der Waals surface area contributed by atoms with Gasteiger partial charge in [-0.25, -0.2) is 9.97 Å². The van der Waals surface area contributed by atoms with Crippen LogP contribution in [0.15, 0.2) is 12.4 Å². The third kappa shape index (κ3) is 4.69. The third-order valence-electron chi connectivity index (χ3n) is 2.74. The van der Waals surface area contributed by atoms with Crippen LogP contribution in [0.3, 0.4) is 0 Å². The molecule has 0 aliphatic rings. The molecule has 18 heavy (non-hydrogen) atoms. The van der Waals surface area contributed by atoms with Gasteiger partial charge in [-0.3, -0.25) is 4.79 Å². The Balaban J connectivity index is 2.43. The number of nitrogens with one attached hydrogen (secondary N) is 1. The Kier molecular flexibility index (Phi) is 5.55. The lowest BCUT2D eigenvalue weighted by atomic mass is 10.0. The quantitative estimate of drug-likeness (QED) is 0.809. The standard InChI is InChI=1S/C13H22N4O/c1-9(2)5-4-6-10(3)17-13(18)11-12(14)16-8-7-15-11/h7-10H,4-6H2,1-3H3,(H2,14,16)(H,17,18). The smallest absolute Gasteiger partial charge is 0.273 e. The maximum atomic E-state index is 11.9. The summed E-state index contributed by atoms with van der Waals surface area (Å²) in [6.07, 6.45) is 6.18. The zero-order valence-corrected chi connectivity index (χ0v) is 11.3. The minimum atomic E-state index is -0.252. The summed E-state index contributed by atoms with van der Waals surface area (Å²) < 4.78 is 0. The Morgan fingerprint density at radius 2 is 1.94 bits per heavy atom. The second kappa shape index (κ2) is 6.93. The van der Waals surface area contributed by atoms with Crippen LogP contribution in [0, 0.1) is 5.92 Å². The van der Waals surface area contributed by atoms with Crippen molar-refractivity contribution in [1.29, 1.82) is 0 Å². The molecule has 1 atom stereocenters. The van der Waals surface area contributed by atoms with Crippen LogP contribution in [0.5, 0.6) is 0 Å². The minimum absolute atomic E-state index is 0.123. The van der Waals surface area contributed by atoms with Gasteiger partial charge in [-0.1, -0.05) is 26.7 Å². The van der Waals surface area contributed by atoms with Crippen molar-refractivity contribution in [2.24, 2.45) is 5.92 Å². The van der Waals surface area contributed by atoms with Gasteiger partial charge in [0.15, 0.2) is 11.5 Å². The number of nitrogen functional groups attached to an aromatic ring is 1. The molecule has 1 unspecified atom stereocenters. The number of nitrogens with zero attached hydrogens (tertiary/aromatic N) is 2. The van der Waals surface area contributed by atoms with Crippen LogP contribution in [-0.2, 0) is 0 Å². The van der Waals surface area contributed by atoms with Gasteiger partial charge in [-0.05, 0) is 19.3 Å². The van der Waals surface area contributed by atoms with Crippen LogP contribution in [0.2, 0.25) is 0 Å². The zero-order chi connectivity index (χ0) is 13.5. The molecule has 0 radical (unpaired) electrons. The molecule has 0 aliphatic heterocycles. The molecule has 0 aliphatic carbocycles. The summed E-state index contributed by atoms with van der Waals surface area (Å²) >= 11 is 0. The van der Waals surface area contributed by atoms with Gasteiger partial charge in [0.05, 0.1) is 0 Å². The Bertz CT molecular complexity index is 392. The average molecular weight is 250 g/mol. The molecule has 3 N–H and O–H groups in total. The van der Waals surface area contributed by atoms with Gasteiger partial charge in [-0.15, -0.1) is 0 Å². The molecule has 5 nitrogen and oxygen atoms in total. The first-order chi connectivity index (χ1) is 8.50. The number of amides is 1. The molecule has 0 saturated carbocycles. The van der Waals surface area contributed by atoms with Crippen molar-refractivity contribution in [3.8, 4) is 0 Å².